The minimum atomic E-state index is 0.388. The lowest BCUT2D eigenvalue weighted by Gasteiger charge is -2.22. The standard InChI is InChI=1S/C42H31N.C7H8/c1-28-26-34-16-8-11-19-39(34)43-42(28)32-22-20-29(21-23-32)33-24-25-37-38(27-33)41(31-14-6-3-7-15-31)36-18-10-9-17-35(36)40(37)30-12-4-2-5-13-30;1-7-5-3-2-4-6-7/h2-25,27-28H,26H2,1H3;2-6H,1H3. The van der Waals surface area contributed by atoms with Crippen molar-refractivity contribution in [2.24, 2.45) is 10.9 Å². The minimum Gasteiger partial charge on any atom is -0.252 e. The Hall–Kier alpha value is -6.05. The van der Waals surface area contributed by atoms with Crippen LogP contribution in [0.15, 0.2) is 187 Å². The van der Waals surface area contributed by atoms with Crippen LogP contribution in [0.2, 0.25) is 0 Å². The number of hydrogen-bond acceptors (Lipinski definition) is 1. The Labute approximate surface area is 295 Å². The van der Waals surface area contributed by atoms with Crippen LogP contribution in [0.5, 0.6) is 0 Å². The summed E-state index contributed by atoms with van der Waals surface area (Å²) in [7, 11) is 0. The molecule has 0 fully saturated rings. The van der Waals surface area contributed by atoms with Crippen molar-refractivity contribution in [2.75, 3.05) is 0 Å². The fourth-order valence-electron chi connectivity index (χ4n) is 7.37. The molecule has 1 atom stereocenters. The first-order valence-electron chi connectivity index (χ1n) is 17.5. The molecule has 0 N–H and O–H groups in total. The number of rotatable bonds is 4. The number of nitrogens with zero attached hydrogens (tertiary/aromatic N) is 1. The third-order valence-electron chi connectivity index (χ3n) is 9.83. The van der Waals surface area contributed by atoms with Gasteiger partial charge in [-0.3, -0.25) is 4.99 Å². The number of hydrogen-bond donors (Lipinski definition) is 0. The summed E-state index contributed by atoms with van der Waals surface area (Å²) >= 11 is 0. The van der Waals surface area contributed by atoms with E-state index in [1.54, 1.807) is 0 Å². The van der Waals surface area contributed by atoms with Crippen LogP contribution >= 0.6 is 0 Å². The summed E-state index contributed by atoms with van der Waals surface area (Å²) in [5.74, 6) is 0.388. The molecule has 9 rings (SSSR count). The van der Waals surface area contributed by atoms with E-state index < -0.39 is 0 Å². The molecule has 1 nitrogen and oxygen atoms in total. The first kappa shape index (κ1) is 31.2. The van der Waals surface area contributed by atoms with Crippen LogP contribution < -0.4 is 0 Å². The second-order valence-corrected chi connectivity index (χ2v) is 13.3. The Morgan fingerprint density at radius 1 is 0.420 bits per heavy atom. The maximum absolute atomic E-state index is 5.07. The minimum absolute atomic E-state index is 0.388. The molecule has 0 saturated carbocycles. The van der Waals surface area contributed by atoms with E-state index in [-0.39, 0.29) is 0 Å². The molecule has 1 heteroatoms. The van der Waals surface area contributed by atoms with Gasteiger partial charge >= 0.3 is 0 Å². The SMILES string of the molecule is CC1Cc2ccccc2N=C1c1ccc(-c2ccc3c(-c4ccccc4)c4ccccc4c(-c4ccccc4)c3c2)cc1.Cc1ccccc1. The summed E-state index contributed by atoms with van der Waals surface area (Å²) in [5.41, 5.74) is 13.6. The van der Waals surface area contributed by atoms with Crippen molar-refractivity contribution < 1.29 is 0 Å². The van der Waals surface area contributed by atoms with Gasteiger partial charge in [-0.2, -0.15) is 0 Å². The van der Waals surface area contributed by atoms with E-state index in [0.29, 0.717) is 5.92 Å². The molecule has 0 aromatic heterocycles. The molecule has 0 bridgehead atoms. The third kappa shape index (κ3) is 6.15. The van der Waals surface area contributed by atoms with Crippen molar-refractivity contribution in [3.05, 3.63) is 199 Å². The molecular weight excluding hydrogens is 603 g/mol. The van der Waals surface area contributed by atoms with Gasteiger partial charge in [-0.1, -0.05) is 182 Å². The molecular formula is C49H39N. The summed E-state index contributed by atoms with van der Waals surface area (Å²) in [5, 5.41) is 5.10. The van der Waals surface area contributed by atoms with Crippen LogP contribution in [-0.2, 0) is 6.42 Å². The molecule has 0 radical (unpaired) electrons. The lowest BCUT2D eigenvalue weighted by Crippen LogP contribution is -2.18. The highest BCUT2D eigenvalue weighted by Gasteiger charge is 2.21. The third-order valence-corrected chi connectivity index (χ3v) is 9.83. The number of aryl methyl sites for hydroxylation is 1. The number of para-hydroxylation sites is 1. The lowest BCUT2D eigenvalue weighted by molar-refractivity contribution is 0.755. The Bertz CT molecular complexity index is 2440. The molecule has 1 heterocycles. The predicted molar refractivity (Wildman–Crippen MR) is 214 cm³/mol. The Morgan fingerprint density at radius 3 is 1.50 bits per heavy atom. The largest absolute Gasteiger partial charge is 0.252 e. The second kappa shape index (κ2) is 13.8. The fraction of sp³-hybridized carbons (Fsp3) is 0.0816. The summed E-state index contributed by atoms with van der Waals surface area (Å²) in [6, 6.07) is 65.3. The van der Waals surface area contributed by atoms with Gasteiger partial charge in [0, 0.05) is 5.92 Å². The van der Waals surface area contributed by atoms with Gasteiger partial charge in [0.1, 0.15) is 0 Å². The van der Waals surface area contributed by atoms with E-state index in [0.717, 1.165) is 12.1 Å². The van der Waals surface area contributed by atoms with Crippen LogP contribution in [0.4, 0.5) is 5.69 Å². The van der Waals surface area contributed by atoms with E-state index in [1.807, 2.05) is 18.2 Å². The Morgan fingerprint density at radius 2 is 0.900 bits per heavy atom. The lowest BCUT2D eigenvalue weighted by atomic mass is 9.84. The first-order valence-corrected chi connectivity index (χ1v) is 17.5. The second-order valence-electron chi connectivity index (χ2n) is 13.3. The molecule has 0 amide bonds. The van der Waals surface area contributed by atoms with E-state index >= 15 is 0 Å². The van der Waals surface area contributed by atoms with Gasteiger partial charge < -0.3 is 0 Å². The molecule has 1 aliphatic rings. The molecule has 50 heavy (non-hydrogen) atoms. The van der Waals surface area contributed by atoms with Crippen LogP contribution in [-0.4, -0.2) is 5.71 Å². The number of aliphatic imine (C=N–C) groups is 1. The molecule has 0 spiro atoms. The highest BCUT2D eigenvalue weighted by molar-refractivity contribution is 6.22. The topological polar surface area (TPSA) is 12.4 Å². The number of benzene rings is 8. The number of fused-ring (bicyclic) bond motifs is 3. The van der Waals surface area contributed by atoms with Gasteiger partial charge in [-0.15, -0.1) is 0 Å². The van der Waals surface area contributed by atoms with Gasteiger partial charge in [-0.25, -0.2) is 0 Å². The Kier molecular flexibility index (Phi) is 8.63. The van der Waals surface area contributed by atoms with Crippen LogP contribution in [0.3, 0.4) is 0 Å². The van der Waals surface area contributed by atoms with Crippen LogP contribution in [0, 0.1) is 12.8 Å². The van der Waals surface area contributed by atoms with Gasteiger partial charge in [0.25, 0.3) is 0 Å². The highest BCUT2D eigenvalue weighted by atomic mass is 14.8. The van der Waals surface area contributed by atoms with Crippen molar-refractivity contribution >= 4 is 32.9 Å². The van der Waals surface area contributed by atoms with E-state index in [4.69, 9.17) is 4.99 Å². The molecule has 1 aliphatic heterocycles. The van der Waals surface area contributed by atoms with Gasteiger partial charge in [0.2, 0.25) is 0 Å². The quantitative estimate of drug-likeness (QED) is 0.170. The Balaban J connectivity index is 0.000000463. The molecule has 0 saturated heterocycles. The molecule has 8 aromatic rings. The van der Waals surface area contributed by atoms with Crippen molar-refractivity contribution in [3.8, 4) is 33.4 Å². The zero-order chi connectivity index (χ0) is 33.9. The normalized spacial score (nSPS) is 13.6. The van der Waals surface area contributed by atoms with Gasteiger partial charge in [-0.05, 0) is 91.5 Å². The summed E-state index contributed by atoms with van der Waals surface area (Å²) in [6.45, 7) is 4.37. The summed E-state index contributed by atoms with van der Waals surface area (Å²) in [6.07, 6.45) is 1.03. The first-order chi connectivity index (χ1) is 24.6. The van der Waals surface area contributed by atoms with Gasteiger partial charge in [0.15, 0.2) is 0 Å². The zero-order valence-corrected chi connectivity index (χ0v) is 28.6. The van der Waals surface area contributed by atoms with E-state index in [2.05, 4.69) is 178 Å². The van der Waals surface area contributed by atoms with Crippen molar-refractivity contribution in [1.29, 1.82) is 0 Å². The average Bonchev–Trinajstić information content (AvgIpc) is 3.18. The molecule has 0 aliphatic carbocycles. The van der Waals surface area contributed by atoms with Crippen LogP contribution in [0.1, 0.15) is 23.6 Å². The maximum Gasteiger partial charge on any atom is 0.0665 e. The monoisotopic (exact) mass is 641 g/mol. The van der Waals surface area contributed by atoms with Crippen molar-refractivity contribution in [1.82, 2.24) is 0 Å². The highest BCUT2D eigenvalue weighted by Crippen LogP contribution is 2.44. The van der Waals surface area contributed by atoms with E-state index in [1.165, 1.54) is 77.3 Å². The zero-order valence-electron chi connectivity index (χ0n) is 28.6. The molecule has 1 unspecified atom stereocenters. The van der Waals surface area contributed by atoms with E-state index in [9.17, 15) is 0 Å². The molecule has 240 valence electrons. The maximum atomic E-state index is 5.07. The summed E-state index contributed by atoms with van der Waals surface area (Å²) < 4.78 is 0. The summed E-state index contributed by atoms with van der Waals surface area (Å²) in [4.78, 5) is 5.07. The predicted octanol–water partition coefficient (Wildman–Crippen LogP) is 13.3. The van der Waals surface area contributed by atoms with Crippen molar-refractivity contribution in [3.63, 3.8) is 0 Å². The smallest absolute Gasteiger partial charge is 0.0665 e. The fourth-order valence-corrected chi connectivity index (χ4v) is 7.37. The van der Waals surface area contributed by atoms with Crippen LogP contribution in [0.25, 0.3) is 54.9 Å². The van der Waals surface area contributed by atoms with Crippen molar-refractivity contribution in [2.45, 2.75) is 20.3 Å². The van der Waals surface area contributed by atoms with Gasteiger partial charge in [0.05, 0.1) is 11.4 Å². The molecule has 8 aromatic carbocycles. The average molecular weight is 642 g/mol.